The van der Waals surface area contributed by atoms with Gasteiger partial charge < -0.3 is 13.6 Å². The molecule has 0 bridgehead atoms. The van der Waals surface area contributed by atoms with Crippen LogP contribution in [0, 0.1) is 11.8 Å². The Morgan fingerprint density at radius 3 is 2.01 bits per heavy atom. The van der Waals surface area contributed by atoms with Crippen LogP contribution >= 0.6 is 0 Å². The van der Waals surface area contributed by atoms with Gasteiger partial charge >= 0.3 is 0 Å². The zero-order valence-electron chi connectivity index (χ0n) is 38.2. The van der Waals surface area contributed by atoms with Crippen molar-refractivity contribution in [3.8, 4) is 51.4 Å². The minimum Gasteiger partial charge on any atom is -0.456 e. The fourth-order valence-corrected chi connectivity index (χ4v) is 11.1. The summed E-state index contributed by atoms with van der Waals surface area (Å²) in [5.41, 5.74) is 16.4. The SMILES string of the molecule is C1#CCC(c2cc(-c3nc(-c4ccc5c(c4)oc4ccccc45)nc(C4C=CC=CC4)n3)cc(-c3ccccc3)c2-n2c3c(c4ccccc42)C=C(n2c4ccccc4c4ccccc42)CC3)=CC=C1. The van der Waals surface area contributed by atoms with Crippen LogP contribution in [-0.2, 0) is 6.42 Å². The Morgan fingerprint density at radius 1 is 0.543 bits per heavy atom. The van der Waals surface area contributed by atoms with Crippen LogP contribution in [0.15, 0.2) is 205 Å². The highest BCUT2D eigenvalue weighted by atomic mass is 16.3. The van der Waals surface area contributed by atoms with Crippen LogP contribution in [0.5, 0.6) is 0 Å². The summed E-state index contributed by atoms with van der Waals surface area (Å²) < 4.78 is 11.4. The second-order valence-corrected chi connectivity index (χ2v) is 18.4. The molecule has 3 aliphatic rings. The van der Waals surface area contributed by atoms with Crippen molar-refractivity contribution >= 4 is 72.0 Å². The molecular weight excluding hydrogens is 855 g/mol. The van der Waals surface area contributed by atoms with Gasteiger partial charge in [0.25, 0.3) is 0 Å². The number of furan rings is 1. The van der Waals surface area contributed by atoms with Gasteiger partial charge in [0, 0.05) is 78.5 Å². The highest BCUT2D eigenvalue weighted by Gasteiger charge is 2.28. The fraction of sp³-hybridized carbons (Fsp3) is 0.0781. The summed E-state index contributed by atoms with van der Waals surface area (Å²) in [4.78, 5) is 16.0. The van der Waals surface area contributed by atoms with Gasteiger partial charge in [0.2, 0.25) is 0 Å². The number of nitrogens with zero attached hydrogens (tertiary/aromatic N) is 5. The minimum absolute atomic E-state index is 0.00373. The molecular formula is C64H43N5O. The number of aromatic nitrogens is 5. The van der Waals surface area contributed by atoms with Crippen LogP contribution < -0.4 is 0 Å². The second-order valence-electron chi connectivity index (χ2n) is 18.4. The number of para-hydroxylation sites is 4. The van der Waals surface area contributed by atoms with Crippen molar-refractivity contribution in [3.05, 3.63) is 223 Å². The summed E-state index contributed by atoms with van der Waals surface area (Å²) in [6, 6.07) is 56.4. The van der Waals surface area contributed by atoms with Crippen molar-refractivity contribution in [2.24, 2.45) is 0 Å². The molecule has 3 aliphatic carbocycles. The van der Waals surface area contributed by atoms with E-state index in [0.29, 0.717) is 18.1 Å². The van der Waals surface area contributed by atoms with Crippen LogP contribution in [0.3, 0.4) is 0 Å². The smallest absolute Gasteiger partial charge is 0.163 e. The van der Waals surface area contributed by atoms with Gasteiger partial charge in [-0.15, -0.1) is 0 Å². The molecule has 70 heavy (non-hydrogen) atoms. The Kier molecular flexibility index (Phi) is 9.34. The Labute approximate surface area is 404 Å². The topological polar surface area (TPSA) is 61.7 Å². The molecule has 7 aromatic carbocycles. The fourth-order valence-electron chi connectivity index (χ4n) is 11.1. The van der Waals surface area contributed by atoms with Gasteiger partial charge in [-0.2, -0.15) is 0 Å². The minimum atomic E-state index is -0.00373. The Hall–Kier alpha value is -9.05. The maximum absolute atomic E-state index is 6.39. The summed E-state index contributed by atoms with van der Waals surface area (Å²) in [6.07, 6.45) is 20.4. The van der Waals surface area contributed by atoms with Gasteiger partial charge in [-0.25, -0.2) is 15.0 Å². The molecule has 6 nitrogen and oxygen atoms in total. The zero-order valence-corrected chi connectivity index (χ0v) is 38.2. The first-order chi connectivity index (χ1) is 34.7. The maximum Gasteiger partial charge on any atom is 0.163 e. The summed E-state index contributed by atoms with van der Waals surface area (Å²) in [5, 5.41) is 5.92. The second kappa shape index (κ2) is 16.3. The Balaban J connectivity index is 1.02. The van der Waals surface area contributed by atoms with Crippen LogP contribution in [0.25, 0.3) is 112 Å². The molecule has 4 heterocycles. The lowest BCUT2D eigenvalue weighted by Gasteiger charge is -2.24. The van der Waals surface area contributed by atoms with E-state index in [-0.39, 0.29) is 5.92 Å². The van der Waals surface area contributed by atoms with Gasteiger partial charge in [-0.1, -0.05) is 157 Å². The molecule has 0 spiro atoms. The van der Waals surface area contributed by atoms with Crippen molar-refractivity contribution in [2.45, 2.75) is 31.6 Å². The van der Waals surface area contributed by atoms with Crippen LogP contribution in [0.1, 0.15) is 47.8 Å². The largest absolute Gasteiger partial charge is 0.456 e. The van der Waals surface area contributed by atoms with Crippen molar-refractivity contribution in [1.29, 1.82) is 0 Å². The number of allylic oxidation sites excluding steroid dienone is 9. The number of fused-ring (bicyclic) bond motifs is 9. The summed E-state index contributed by atoms with van der Waals surface area (Å²) >= 11 is 0. The normalized spacial score (nSPS) is 15.3. The van der Waals surface area contributed by atoms with E-state index in [9.17, 15) is 0 Å². The average Bonchev–Trinajstić information content (AvgIpc) is 3.98. The standard InChI is InChI=1S/C64H43N5O/c1-2-6-20-41(19-5-1)52-37-45(64-66-62(43-23-9-4-10-24-43)65-63(67-64)44-33-35-51-50-28-14-18-32-59(50)70-60(51)39-44)38-53(42-21-7-3-8-22-42)61(52)69-57-31-17-13-27-49(57)54-40-46(34-36-58(54)69)68-55-29-15-11-25-47(55)48-26-12-16-30-56(48)68/h1,3-5,7-19,21-23,25-33,35,37-40,43H,20,24,34,36H2. The molecule has 0 amide bonds. The Morgan fingerprint density at radius 2 is 1.23 bits per heavy atom. The average molecular weight is 898 g/mol. The highest BCUT2D eigenvalue weighted by Crippen LogP contribution is 2.46. The number of hydrogen-bond donors (Lipinski definition) is 0. The van der Waals surface area contributed by atoms with Crippen LogP contribution in [-0.4, -0.2) is 24.1 Å². The van der Waals surface area contributed by atoms with E-state index in [4.69, 9.17) is 19.4 Å². The predicted molar refractivity (Wildman–Crippen MR) is 287 cm³/mol. The molecule has 0 aliphatic heterocycles. The molecule has 0 saturated heterocycles. The van der Waals surface area contributed by atoms with E-state index < -0.39 is 0 Å². The zero-order chi connectivity index (χ0) is 46.1. The molecule has 14 rings (SSSR count). The summed E-state index contributed by atoms with van der Waals surface area (Å²) in [6.45, 7) is 0. The van der Waals surface area contributed by atoms with Crippen LogP contribution in [0.2, 0.25) is 0 Å². The summed E-state index contributed by atoms with van der Waals surface area (Å²) in [5.74, 6) is 8.66. The molecule has 1 unspecified atom stereocenters. The van der Waals surface area contributed by atoms with E-state index in [1.165, 1.54) is 44.1 Å². The first-order valence-corrected chi connectivity index (χ1v) is 24.1. The number of hydrogen-bond acceptors (Lipinski definition) is 4. The molecule has 330 valence electrons. The molecule has 1 atom stereocenters. The van der Waals surface area contributed by atoms with E-state index >= 15 is 0 Å². The summed E-state index contributed by atoms with van der Waals surface area (Å²) in [7, 11) is 0. The first kappa shape index (κ1) is 40.1. The highest BCUT2D eigenvalue weighted by molar-refractivity contribution is 6.11. The molecule has 0 radical (unpaired) electrons. The molecule has 4 aromatic heterocycles. The van der Waals surface area contributed by atoms with Crippen molar-refractivity contribution in [1.82, 2.24) is 24.1 Å². The molecule has 0 saturated carbocycles. The maximum atomic E-state index is 6.39. The third-order valence-electron chi connectivity index (χ3n) is 14.3. The molecule has 11 aromatic rings. The van der Waals surface area contributed by atoms with Gasteiger partial charge in [0.15, 0.2) is 11.6 Å². The van der Waals surface area contributed by atoms with Crippen LogP contribution in [0.4, 0.5) is 0 Å². The molecule has 0 fully saturated rings. The quantitative estimate of drug-likeness (QED) is 0.150. The number of rotatable bonds is 7. The van der Waals surface area contributed by atoms with Gasteiger partial charge in [-0.05, 0) is 91.1 Å². The molecule has 0 N–H and O–H groups in total. The van der Waals surface area contributed by atoms with Gasteiger partial charge in [-0.3, -0.25) is 0 Å². The predicted octanol–water partition coefficient (Wildman–Crippen LogP) is 15.7. The third-order valence-corrected chi connectivity index (χ3v) is 14.3. The number of benzene rings is 7. The van der Waals surface area contributed by atoms with E-state index in [2.05, 4.69) is 203 Å². The Bertz CT molecular complexity index is 4140. The third kappa shape index (κ3) is 6.54. The van der Waals surface area contributed by atoms with E-state index in [1.54, 1.807) is 0 Å². The first-order valence-electron chi connectivity index (χ1n) is 24.1. The lowest BCUT2D eigenvalue weighted by molar-refractivity contribution is 0.669. The van der Waals surface area contributed by atoms with Crippen molar-refractivity contribution < 1.29 is 4.42 Å². The van der Waals surface area contributed by atoms with Gasteiger partial charge in [0.1, 0.15) is 17.0 Å². The van der Waals surface area contributed by atoms with E-state index in [0.717, 1.165) is 91.6 Å². The monoisotopic (exact) mass is 897 g/mol. The van der Waals surface area contributed by atoms with E-state index in [1.807, 2.05) is 24.3 Å². The molecule has 6 heteroatoms. The lowest BCUT2D eigenvalue weighted by Crippen LogP contribution is -2.11. The van der Waals surface area contributed by atoms with Gasteiger partial charge in [0.05, 0.1) is 22.2 Å². The lowest BCUT2D eigenvalue weighted by atomic mass is 9.90. The van der Waals surface area contributed by atoms with Crippen molar-refractivity contribution in [3.63, 3.8) is 0 Å². The van der Waals surface area contributed by atoms with Crippen molar-refractivity contribution in [2.75, 3.05) is 0 Å².